The number of halogens is 1. The second-order valence-electron chi connectivity index (χ2n) is 30.0. The van der Waals surface area contributed by atoms with Crippen LogP contribution in [0.5, 0.6) is 0 Å². The van der Waals surface area contributed by atoms with Gasteiger partial charge in [0.15, 0.2) is 0 Å². The van der Waals surface area contributed by atoms with Gasteiger partial charge in [-0.3, -0.25) is 38.9 Å². The predicted molar refractivity (Wildman–Crippen MR) is 363 cm³/mol. The highest BCUT2D eigenvalue weighted by Gasteiger charge is 2.74. The number of rotatable bonds is 18. The smallest absolute Gasteiger partial charge is 0.444 e. The summed E-state index contributed by atoms with van der Waals surface area (Å²) in [6.07, 6.45) is 16.6. The van der Waals surface area contributed by atoms with Crippen molar-refractivity contribution in [1.29, 1.82) is 0 Å². The lowest BCUT2D eigenvalue weighted by Crippen LogP contribution is -2.74. The molecule has 8 fully saturated rings. The van der Waals surface area contributed by atoms with Gasteiger partial charge in [0.2, 0.25) is 23.3 Å². The molecular weight excluding hydrogens is 1230 g/mol. The van der Waals surface area contributed by atoms with Crippen molar-refractivity contribution < 1.29 is 48.0 Å². The normalized spacial score (nSPS) is 22.4. The minimum Gasteiger partial charge on any atom is -0.444 e. The van der Waals surface area contributed by atoms with Crippen molar-refractivity contribution in [3.8, 4) is 0 Å². The van der Waals surface area contributed by atoms with Crippen LogP contribution < -0.4 is 15.2 Å². The number of likely N-dealkylation sites (tertiary alicyclic amines) is 3. The van der Waals surface area contributed by atoms with Crippen LogP contribution in [0.25, 0.3) is 11.0 Å². The highest BCUT2D eigenvalue weighted by molar-refractivity contribution is 6.30. The maximum Gasteiger partial charge on any atom is 0.508 e. The van der Waals surface area contributed by atoms with E-state index in [1.807, 2.05) is 110 Å². The number of amides is 6. The molecule has 8 aliphatic rings. The van der Waals surface area contributed by atoms with Gasteiger partial charge in [-0.05, 0) is 153 Å². The van der Waals surface area contributed by atoms with Gasteiger partial charge in [0.05, 0.1) is 24.1 Å². The second-order valence-corrected chi connectivity index (χ2v) is 30.4. The van der Waals surface area contributed by atoms with E-state index in [0.29, 0.717) is 82.3 Å². The molecule has 2 aromatic carbocycles. The molecule has 2 saturated carbocycles. The van der Waals surface area contributed by atoms with Crippen LogP contribution in [0, 0.1) is 5.92 Å². The number of fused-ring (bicyclic) bond motifs is 1. The monoisotopic (exact) mass is 1330 g/mol. The lowest BCUT2D eigenvalue weighted by atomic mass is 9.83. The number of nitrogens with one attached hydrogen (secondary N) is 3. The first-order valence-corrected chi connectivity index (χ1v) is 35.8. The van der Waals surface area contributed by atoms with E-state index in [-0.39, 0.29) is 72.4 Å². The van der Waals surface area contributed by atoms with Crippen LogP contribution in [0.15, 0.2) is 67.1 Å². The molecule has 3 N–H and O–H groups in total. The van der Waals surface area contributed by atoms with Crippen molar-refractivity contribution in [3.63, 3.8) is 0 Å². The molecule has 22 nitrogen and oxygen atoms in total. The van der Waals surface area contributed by atoms with Crippen molar-refractivity contribution in [2.24, 2.45) is 5.92 Å². The lowest BCUT2D eigenvalue weighted by Gasteiger charge is -2.40. The number of H-pyrrole nitrogens is 1. The van der Waals surface area contributed by atoms with Crippen molar-refractivity contribution >= 4 is 70.1 Å². The zero-order valence-corrected chi connectivity index (χ0v) is 57.6. The van der Waals surface area contributed by atoms with Gasteiger partial charge in [0, 0.05) is 133 Å². The van der Waals surface area contributed by atoms with Crippen molar-refractivity contribution in [3.05, 3.63) is 88.8 Å². The third-order valence-corrected chi connectivity index (χ3v) is 21.2. The Balaban J connectivity index is 0.584. The standard InChI is InChI=1S/C72H100ClN13O9/c1-70(2,3)94-68(91)85(55-21-22-55)47-61(88)84-32-11-16-53(45-84)51-14-10-15-52(44-51)65(89)78-62(50-12-8-7-9-13-50)66(90)83-36-26-57(27-37-83)93-56-24-33-80(34-25-56)46-60(87)81-42-40-79(41-43-81)35-28-59(49-17-19-54(73)20-18-49)77-67-72(86(67)69(92)95-71(4,5)6)29-38-82(39-30-72)64-58-23-31-74-63(58)75-48-76-64/h10,14-15,17-20,23,31,44,48,50,53,55-57,59,62H,7-9,11-13,16,21-22,24-30,32-43,45-47H2,1-6H3,(H,78,89)(H,74,75,76)/p+1/t53?,59-,62+,86?/m0/s1. The number of aromatic nitrogens is 3. The van der Waals surface area contributed by atoms with Crippen molar-refractivity contribution in [1.82, 2.24) is 54.6 Å². The van der Waals surface area contributed by atoms with Crippen LogP contribution in [0.3, 0.4) is 0 Å². The molecule has 6 saturated heterocycles. The quantitative estimate of drug-likeness (QED) is 0.0806. The number of benzene rings is 2. The van der Waals surface area contributed by atoms with Gasteiger partial charge in [-0.2, -0.15) is 4.79 Å². The molecule has 2 aromatic heterocycles. The molecular formula is C72H101ClN13O9+. The zero-order valence-electron chi connectivity index (χ0n) is 56.8. The number of carbonyl (C=O) groups is 6. The molecule has 6 aliphatic heterocycles. The van der Waals surface area contributed by atoms with Crippen molar-refractivity contribution in [2.45, 2.75) is 197 Å². The van der Waals surface area contributed by atoms with E-state index >= 15 is 0 Å². The van der Waals surface area contributed by atoms with Crippen LogP contribution >= 0.6 is 11.6 Å². The fourth-order valence-electron chi connectivity index (χ4n) is 15.4. The number of aromatic amines is 1. The highest BCUT2D eigenvalue weighted by atomic mass is 35.5. The molecule has 8 heterocycles. The maximum atomic E-state index is 14.6. The van der Waals surface area contributed by atoms with Crippen LogP contribution in [0.4, 0.5) is 15.4 Å². The third kappa shape index (κ3) is 16.9. The molecule has 95 heavy (non-hydrogen) atoms. The number of carbonyl (C=O) groups excluding carboxylic acids is 6. The summed E-state index contributed by atoms with van der Waals surface area (Å²) >= 11 is 6.42. The number of hydrogen-bond donors (Lipinski definition) is 3. The van der Waals surface area contributed by atoms with E-state index in [0.717, 1.165) is 156 Å². The largest absolute Gasteiger partial charge is 0.508 e. The number of amidine groups is 1. The minimum absolute atomic E-state index is 0.00527. The lowest BCUT2D eigenvalue weighted by molar-refractivity contribution is -0.511. The van der Waals surface area contributed by atoms with Crippen LogP contribution in [0.1, 0.15) is 178 Å². The van der Waals surface area contributed by atoms with Gasteiger partial charge in [-0.15, -0.1) is 4.90 Å². The Hall–Kier alpha value is -6.88. The molecule has 1 unspecified atom stereocenters. The minimum atomic E-state index is -0.658. The molecule has 514 valence electrons. The van der Waals surface area contributed by atoms with Crippen LogP contribution in [-0.2, 0) is 28.6 Å². The number of hydrogen-bond acceptors (Lipinski definition) is 14. The summed E-state index contributed by atoms with van der Waals surface area (Å²) < 4.78 is 18.4. The van der Waals surface area contributed by atoms with E-state index in [1.165, 1.54) is 0 Å². The van der Waals surface area contributed by atoms with E-state index in [1.54, 1.807) is 11.2 Å². The molecule has 23 heteroatoms. The first-order chi connectivity index (χ1) is 45.6. The fourth-order valence-corrected chi connectivity index (χ4v) is 15.5. The Morgan fingerprint density at radius 1 is 0.716 bits per heavy atom. The summed E-state index contributed by atoms with van der Waals surface area (Å²) in [6, 6.07) is 17.0. The van der Waals surface area contributed by atoms with Gasteiger partial charge in [-0.1, -0.05) is 55.1 Å². The molecule has 0 bridgehead atoms. The third-order valence-electron chi connectivity index (χ3n) is 20.9. The number of anilines is 1. The topological polar surface area (TPSA) is 223 Å². The molecule has 6 amide bonds. The maximum absolute atomic E-state index is 14.6. The summed E-state index contributed by atoms with van der Waals surface area (Å²) in [5, 5.41) is 4.89. The van der Waals surface area contributed by atoms with Crippen molar-refractivity contribution in [2.75, 3.05) is 103 Å². The highest BCUT2D eigenvalue weighted by Crippen LogP contribution is 2.45. The summed E-state index contributed by atoms with van der Waals surface area (Å²) in [5.74, 6) is 1.69. The zero-order chi connectivity index (χ0) is 66.6. The van der Waals surface area contributed by atoms with E-state index in [9.17, 15) is 28.8 Å². The first-order valence-electron chi connectivity index (χ1n) is 35.4. The summed E-state index contributed by atoms with van der Waals surface area (Å²) in [7, 11) is 0. The van der Waals surface area contributed by atoms with Gasteiger partial charge >= 0.3 is 18.0 Å². The number of nitrogens with zero attached hydrogens (tertiary/aromatic N) is 10. The summed E-state index contributed by atoms with van der Waals surface area (Å²) in [5.41, 5.74) is 1.58. The van der Waals surface area contributed by atoms with E-state index in [2.05, 4.69) is 52.1 Å². The van der Waals surface area contributed by atoms with Gasteiger partial charge in [-0.25, -0.2) is 14.8 Å². The number of piperazine rings is 1. The molecule has 0 radical (unpaired) electrons. The molecule has 4 aromatic rings. The Kier molecular flexibility index (Phi) is 21.1. The average Bonchev–Trinajstić information content (AvgIpc) is 1.54. The first kappa shape index (κ1) is 68.1. The Bertz CT molecular complexity index is 3380. The van der Waals surface area contributed by atoms with Crippen LogP contribution in [-0.4, -0.2) is 230 Å². The Labute approximate surface area is 565 Å². The number of piperidine rings is 4. The van der Waals surface area contributed by atoms with Gasteiger partial charge in [0.25, 0.3) is 5.91 Å². The van der Waals surface area contributed by atoms with Gasteiger partial charge < -0.3 is 44.1 Å². The van der Waals surface area contributed by atoms with E-state index < -0.39 is 28.9 Å². The van der Waals surface area contributed by atoms with Gasteiger partial charge in [0.1, 0.15) is 47.6 Å². The fraction of sp³-hybridized carbons (Fsp3) is 0.653. The SMILES string of the molecule is CC(C)(C)OC(=O)N(CC(=O)N1CCCC(c2cccc(C(=O)N[C@@H](C(=O)N3CCC(OC4CCN(CC(=O)N5CCN(CC[C@H]([NH+]=C6N(C(=O)OC(C)(C)C)C67CCN(c6ncnc8[nH]ccc68)CC7)c6ccc(Cl)cc6)CC5)CC4)CC3)C3CCCCC3)c2)C1)C1CC1. The average molecular weight is 1330 g/mol. The molecule has 2 aliphatic carbocycles. The summed E-state index contributed by atoms with van der Waals surface area (Å²) in [4.78, 5) is 116. The summed E-state index contributed by atoms with van der Waals surface area (Å²) in [6.45, 7) is 20.5. The Morgan fingerprint density at radius 3 is 2.09 bits per heavy atom. The van der Waals surface area contributed by atoms with Crippen LogP contribution in [0.2, 0.25) is 5.02 Å². The predicted octanol–water partition coefficient (Wildman–Crippen LogP) is 7.91. The number of ether oxygens (including phenoxy) is 3. The molecule has 12 rings (SSSR count). The van der Waals surface area contributed by atoms with E-state index in [4.69, 9.17) is 25.8 Å². The Morgan fingerprint density at radius 2 is 1.41 bits per heavy atom. The molecule has 1 spiro atoms. The molecule has 3 atom stereocenters. The second kappa shape index (κ2) is 29.5.